The van der Waals surface area contributed by atoms with Crippen molar-refractivity contribution >= 4 is 11.3 Å². The van der Waals surface area contributed by atoms with Crippen molar-refractivity contribution in [3.05, 3.63) is 16.1 Å². The molecular weight excluding hydrogens is 242 g/mol. The number of nitrogens with one attached hydrogen (secondary N) is 1. The molecule has 1 aliphatic heterocycles. The van der Waals surface area contributed by atoms with E-state index in [0.29, 0.717) is 0 Å². The maximum absolute atomic E-state index is 4.27. The highest BCUT2D eigenvalue weighted by atomic mass is 32.1. The second-order valence-electron chi connectivity index (χ2n) is 5.27. The van der Waals surface area contributed by atoms with Crippen LogP contribution in [0.1, 0.15) is 43.2 Å². The van der Waals surface area contributed by atoms with Gasteiger partial charge in [0, 0.05) is 17.5 Å². The van der Waals surface area contributed by atoms with E-state index >= 15 is 0 Å². The first-order chi connectivity index (χ1) is 8.77. The maximum atomic E-state index is 4.27. The van der Waals surface area contributed by atoms with Gasteiger partial charge in [0.1, 0.15) is 0 Å². The second kappa shape index (κ2) is 7.22. The number of aryl methyl sites for hydroxylation is 1. The quantitative estimate of drug-likeness (QED) is 0.803. The zero-order chi connectivity index (χ0) is 12.8. The normalized spacial score (nSPS) is 21.3. The largest absolute Gasteiger partial charge is 0.312 e. The van der Waals surface area contributed by atoms with Gasteiger partial charge >= 0.3 is 0 Å². The van der Waals surface area contributed by atoms with Gasteiger partial charge in [0.15, 0.2) is 0 Å². The third-order valence-corrected chi connectivity index (χ3v) is 4.80. The Hall–Kier alpha value is -0.450. The summed E-state index contributed by atoms with van der Waals surface area (Å²) in [6.45, 7) is 9.09. The number of aromatic nitrogens is 1. The molecule has 102 valence electrons. The molecule has 1 aliphatic rings. The van der Waals surface area contributed by atoms with Crippen molar-refractivity contribution in [3.8, 4) is 0 Å². The first-order valence-electron chi connectivity index (χ1n) is 7.11. The van der Waals surface area contributed by atoms with Crippen LogP contribution in [-0.4, -0.2) is 35.6 Å². The fourth-order valence-electron chi connectivity index (χ4n) is 2.59. The number of rotatable bonds is 6. The van der Waals surface area contributed by atoms with Crippen LogP contribution in [0, 0.1) is 6.92 Å². The van der Waals surface area contributed by atoms with Crippen molar-refractivity contribution in [3.63, 3.8) is 0 Å². The van der Waals surface area contributed by atoms with E-state index in [1.807, 2.05) is 5.51 Å². The Labute approximate surface area is 115 Å². The fourth-order valence-corrected chi connectivity index (χ4v) is 3.34. The van der Waals surface area contributed by atoms with Crippen LogP contribution in [0.2, 0.25) is 0 Å². The van der Waals surface area contributed by atoms with Crippen LogP contribution < -0.4 is 5.32 Å². The number of likely N-dealkylation sites (tertiary alicyclic amines) is 1. The van der Waals surface area contributed by atoms with Gasteiger partial charge in [-0.2, -0.15) is 0 Å². The van der Waals surface area contributed by atoms with E-state index in [2.05, 4.69) is 29.0 Å². The lowest BCUT2D eigenvalue weighted by Crippen LogP contribution is -2.38. The fraction of sp³-hybridized carbons (Fsp3) is 0.786. The van der Waals surface area contributed by atoms with E-state index in [1.54, 1.807) is 11.3 Å². The predicted molar refractivity (Wildman–Crippen MR) is 78.1 cm³/mol. The van der Waals surface area contributed by atoms with Crippen LogP contribution in [0.3, 0.4) is 0 Å². The molecule has 1 aromatic heterocycles. The third-order valence-electron chi connectivity index (χ3n) is 3.87. The summed E-state index contributed by atoms with van der Waals surface area (Å²) in [5, 5.41) is 3.53. The van der Waals surface area contributed by atoms with Crippen LogP contribution in [0.25, 0.3) is 0 Å². The average Bonchev–Trinajstić information content (AvgIpc) is 2.77. The van der Waals surface area contributed by atoms with Gasteiger partial charge in [-0.3, -0.25) is 0 Å². The Balaban J connectivity index is 1.57. The molecule has 0 bridgehead atoms. The van der Waals surface area contributed by atoms with Crippen LogP contribution in [-0.2, 0) is 6.54 Å². The molecule has 1 N–H and O–H groups in total. The molecule has 4 heteroatoms. The molecule has 0 spiro atoms. The molecule has 1 saturated heterocycles. The lowest BCUT2D eigenvalue weighted by atomic mass is 10.0. The SMILES string of the molecule is Cc1ncsc1CNCCCN1CCCCC1C. The van der Waals surface area contributed by atoms with Gasteiger partial charge < -0.3 is 10.2 Å². The molecule has 0 aliphatic carbocycles. The molecule has 3 nitrogen and oxygen atoms in total. The Bertz CT molecular complexity index is 351. The van der Waals surface area contributed by atoms with Crippen LogP contribution in [0.5, 0.6) is 0 Å². The van der Waals surface area contributed by atoms with E-state index in [0.717, 1.165) is 19.1 Å². The van der Waals surface area contributed by atoms with Gasteiger partial charge in [-0.15, -0.1) is 11.3 Å². The lowest BCUT2D eigenvalue weighted by molar-refractivity contribution is 0.159. The lowest BCUT2D eigenvalue weighted by Gasteiger charge is -2.33. The highest BCUT2D eigenvalue weighted by Gasteiger charge is 2.16. The summed E-state index contributed by atoms with van der Waals surface area (Å²) in [6.07, 6.45) is 5.44. The third kappa shape index (κ3) is 4.04. The Kier molecular flexibility index (Phi) is 5.60. The summed E-state index contributed by atoms with van der Waals surface area (Å²) in [5.41, 5.74) is 3.11. The zero-order valence-corrected chi connectivity index (χ0v) is 12.4. The maximum Gasteiger partial charge on any atom is 0.0798 e. The van der Waals surface area contributed by atoms with E-state index < -0.39 is 0 Å². The summed E-state index contributed by atoms with van der Waals surface area (Å²) in [5.74, 6) is 0. The predicted octanol–water partition coefficient (Wildman–Crippen LogP) is 2.81. The molecular formula is C14H25N3S. The molecule has 0 saturated carbocycles. The van der Waals surface area contributed by atoms with Gasteiger partial charge in [-0.25, -0.2) is 4.98 Å². The van der Waals surface area contributed by atoms with Crippen molar-refractivity contribution in [1.82, 2.24) is 15.2 Å². The summed E-state index contributed by atoms with van der Waals surface area (Å²) in [6, 6.07) is 0.794. The standard InChI is InChI=1S/C14H25N3S/c1-12-6-3-4-8-17(12)9-5-7-15-10-14-13(2)16-11-18-14/h11-12,15H,3-10H2,1-2H3. The molecule has 0 amide bonds. The number of hydrogen-bond donors (Lipinski definition) is 1. The number of nitrogens with zero attached hydrogens (tertiary/aromatic N) is 2. The number of piperidine rings is 1. The summed E-state index contributed by atoms with van der Waals surface area (Å²) >= 11 is 1.75. The number of hydrogen-bond acceptors (Lipinski definition) is 4. The van der Waals surface area contributed by atoms with Crippen LogP contribution in [0.15, 0.2) is 5.51 Å². The minimum Gasteiger partial charge on any atom is -0.312 e. The van der Waals surface area contributed by atoms with Crippen molar-refractivity contribution in [2.45, 2.75) is 52.1 Å². The minimum atomic E-state index is 0.794. The molecule has 2 rings (SSSR count). The van der Waals surface area contributed by atoms with Gasteiger partial charge in [0.25, 0.3) is 0 Å². The highest BCUT2D eigenvalue weighted by molar-refractivity contribution is 7.09. The Morgan fingerprint density at radius 2 is 2.39 bits per heavy atom. The van der Waals surface area contributed by atoms with E-state index in [4.69, 9.17) is 0 Å². The first kappa shape index (κ1) is 14.0. The first-order valence-corrected chi connectivity index (χ1v) is 7.99. The Morgan fingerprint density at radius 1 is 1.50 bits per heavy atom. The molecule has 1 aromatic rings. The molecule has 2 heterocycles. The van der Waals surface area contributed by atoms with Gasteiger partial charge in [0.2, 0.25) is 0 Å². The minimum absolute atomic E-state index is 0.794. The monoisotopic (exact) mass is 267 g/mol. The van der Waals surface area contributed by atoms with Crippen LogP contribution >= 0.6 is 11.3 Å². The molecule has 0 radical (unpaired) electrons. The topological polar surface area (TPSA) is 28.2 Å². The van der Waals surface area contributed by atoms with Gasteiger partial charge in [-0.05, 0) is 52.7 Å². The molecule has 1 atom stereocenters. The van der Waals surface area contributed by atoms with E-state index in [-0.39, 0.29) is 0 Å². The molecule has 0 aromatic carbocycles. The van der Waals surface area contributed by atoms with Gasteiger partial charge in [-0.1, -0.05) is 6.42 Å². The summed E-state index contributed by atoms with van der Waals surface area (Å²) in [7, 11) is 0. The second-order valence-corrected chi connectivity index (χ2v) is 6.21. The smallest absolute Gasteiger partial charge is 0.0798 e. The summed E-state index contributed by atoms with van der Waals surface area (Å²) in [4.78, 5) is 8.29. The van der Waals surface area contributed by atoms with Gasteiger partial charge in [0.05, 0.1) is 11.2 Å². The summed E-state index contributed by atoms with van der Waals surface area (Å²) < 4.78 is 0. The van der Waals surface area contributed by atoms with Crippen molar-refractivity contribution in [2.75, 3.05) is 19.6 Å². The molecule has 18 heavy (non-hydrogen) atoms. The van der Waals surface area contributed by atoms with E-state index in [9.17, 15) is 0 Å². The van der Waals surface area contributed by atoms with E-state index in [1.165, 1.54) is 49.3 Å². The van der Waals surface area contributed by atoms with Crippen LogP contribution in [0.4, 0.5) is 0 Å². The Morgan fingerprint density at radius 3 is 3.11 bits per heavy atom. The zero-order valence-electron chi connectivity index (χ0n) is 11.6. The van der Waals surface area contributed by atoms with Crippen molar-refractivity contribution in [2.24, 2.45) is 0 Å². The van der Waals surface area contributed by atoms with Crippen molar-refractivity contribution < 1.29 is 0 Å². The number of thiazole rings is 1. The average molecular weight is 267 g/mol. The highest BCUT2D eigenvalue weighted by Crippen LogP contribution is 2.16. The van der Waals surface area contributed by atoms with Crippen molar-refractivity contribution in [1.29, 1.82) is 0 Å². The molecule has 1 unspecified atom stereocenters. The molecule has 1 fully saturated rings.